The number of amides is 1. The van der Waals surface area contributed by atoms with E-state index in [2.05, 4.69) is 5.32 Å². The number of hydrogen-bond donors (Lipinski definition) is 3. The van der Waals surface area contributed by atoms with E-state index in [4.69, 9.17) is 4.74 Å². The van der Waals surface area contributed by atoms with Crippen molar-refractivity contribution in [2.75, 3.05) is 7.11 Å². The van der Waals surface area contributed by atoms with Gasteiger partial charge in [0.1, 0.15) is 5.75 Å². The lowest BCUT2D eigenvalue weighted by Gasteiger charge is -2.27. The minimum absolute atomic E-state index is 0.0695. The van der Waals surface area contributed by atoms with Crippen LogP contribution in [0.4, 0.5) is 0 Å². The van der Waals surface area contributed by atoms with Crippen LogP contribution in [0.3, 0.4) is 0 Å². The second-order valence-electron chi connectivity index (χ2n) is 5.62. The zero-order valence-electron chi connectivity index (χ0n) is 12.9. The topological polar surface area (TPSA) is 78.8 Å². The third-order valence-corrected chi connectivity index (χ3v) is 4.25. The van der Waals surface area contributed by atoms with Gasteiger partial charge in [-0.2, -0.15) is 0 Å². The number of phenolic OH excluding ortho intramolecular Hbond substituents is 2. The minimum Gasteiger partial charge on any atom is -0.504 e. The molecule has 1 unspecified atom stereocenters. The Morgan fingerprint density at radius 3 is 2.78 bits per heavy atom. The van der Waals surface area contributed by atoms with Gasteiger partial charge in [0.25, 0.3) is 5.91 Å². The summed E-state index contributed by atoms with van der Waals surface area (Å²) < 4.78 is 5.40. The lowest BCUT2D eigenvalue weighted by molar-refractivity contribution is 0.0929. The summed E-state index contributed by atoms with van der Waals surface area (Å²) >= 11 is 0. The Kier molecular flexibility index (Phi) is 4.10. The van der Waals surface area contributed by atoms with E-state index in [0.717, 1.165) is 36.1 Å². The Morgan fingerprint density at radius 2 is 2.00 bits per heavy atom. The summed E-state index contributed by atoms with van der Waals surface area (Å²) in [6.07, 6.45) is 2.69. The summed E-state index contributed by atoms with van der Waals surface area (Å²) in [5, 5.41) is 22.3. The lowest BCUT2D eigenvalue weighted by Crippen LogP contribution is -2.31. The average molecular weight is 313 g/mol. The summed E-state index contributed by atoms with van der Waals surface area (Å²) in [5.41, 5.74) is 2.23. The highest BCUT2D eigenvalue weighted by molar-refractivity contribution is 5.97. The summed E-state index contributed by atoms with van der Waals surface area (Å²) in [6.45, 7) is 0. The van der Waals surface area contributed by atoms with Gasteiger partial charge >= 0.3 is 0 Å². The van der Waals surface area contributed by atoms with Crippen LogP contribution in [-0.2, 0) is 6.42 Å². The number of methoxy groups -OCH3 is 1. The molecule has 0 heterocycles. The number of rotatable bonds is 3. The number of para-hydroxylation sites is 1. The number of nitrogens with one attached hydrogen (secondary N) is 1. The van der Waals surface area contributed by atoms with E-state index in [1.165, 1.54) is 18.2 Å². The molecule has 23 heavy (non-hydrogen) atoms. The van der Waals surface area contributed by atoms with Crippen LogP contribution in [0.1, 0.15) is 40.4 Å². The Balaban J connectivity index is 1.88. The van der Waals surface area contributed by atoms with Gasteiger partial charge in [-0.3, -0.25) is 4.79 Å². The molecule has 1 atom stereocenters. The predicted octanol–water partition coefficient (Wildman–Crippen LogP) is 2.91. The third kappa shape index (κ3) is 2.82. The van der Waals surface area contributed by atoms with E-state index in [9.17, 15) is 15.0 Å². The number of carbonyl (C=O) groups is 1. The molecule has 0 spiro atoms. The molecule has 3 rings (SSSR count). The van der Waals surface area contributed by atoms with Gasteiger partial charge in [0.15, 0.2) is 11.5 Å². The first-order valence-corrected chi connectivity index (χ1v) is 7.59. The molecule has 0 fully saturated rings. The van der Waals surface area contributed by atoms with E-state index in [-0.39, 0.29) is 17.4 Å². The quantitative estimate of drug-likeness (QED) is 0.761. The number of fused-ring (bicyclic) bond motifs is 1. The molecule has 120 valence electrons. The van der Waals surface area contributed by atoms with Gasteiger partial charge in [0.05, 0.1) is 18.7 Å². The highest BCUT2D eigenvalue weighted by Gasteiger charge is 2.25. The van der Waals surface area contributed by atoms with Gasteiger partial charge in [0, 0.05) is 0 Å². The third-order valence-electron chi connectivity index (χ3n) is 4.25. The first-order chi connectivity index (χ1) is 11.1. The smallest absolute Gasteiger partial charge is 0.255 e. The molecule has 0 saturated carbocycles. The monoisotopic (exact) mass is 313 g/mol. The van der Waals surface area contributed by atoms with Crippen molar-refractivity contribution in [1.29, 1.82) is 0 Å². The van der Waals surface area contributed by atoms with Crippen LogP contribution in [0.15, 0.2) is 36.4 Å². The fraction of sp³-hybridized carbons (Fsp3) is 0.278. The van der Waals surface area contributed by atoms with E-state index in [1.807, 2.05) is 18.2 Å². The van der Waals surface area contributed by atoms with Crippen molar-refractivity contribution in [3.63, 3.8) is 0 Å². The van der Waals surface area contributed by atoms with Crippen molar-refractivity contribution in [1.82, 2.24) is 5.32 Å². The molecule has 0 aliphatic heterocycles. The molecule has 2 aromatic rings. The van der Waals surface area contributed by atoms with Crippen LogP contribution in [0.2, 0.25) is 0 Å². The molecule has 0 aromatic heterocycles. The molecular formula is C18H19NO4. The minimum atomic E-state index is -0.404. The van der Waals surface area contributed by atoms with Crippen molar-refractivity contribution in [2.45, 2.75) is 25.3 Å². The normalized spacial score (nSPS) is 16.5. The summed E-state index contributed by atoms with van der Waals surface area (Å²) in [4.78, 5) is 12.4. The molecule has 3 N–H and O–H groups in total. The van der Waals surface area contributed by atoms with E-state index >= 15 is 0 Å². The van der Waals surface area contributed by atoms with Crippen LogP contribution in [-0.4, -0.2) is 23.2 Å². The standard InChI is InChI=1S/C18H19NO4/c1-23-16-10-4-5-11-12(16)6-2-8-14(11)19-18(22)13-7-3-9-15(20)17(13)21/h3-5,7,9-10,14,20-21H,2,6,8H2,1H3,(H,19,22). The van der Waals surface area contributed by atoms with Crippen LogP contribution in [0, 0.1) is 0 Å². The summed E-state index contributed by atoms with van der Waals surface area (Å²) in [5.74, 6) is -0.268. The Morgan fingerprint density at radius 1 is 1.22 bits per heavy atom. The lowest BCUT2D eigenvalue weighted by atomic mass is 9.87. The van der Waals surface area contributed by atoms with Crippen LogP contribution >= 0.6 is 0 Å². The molecule has 0 saturated heterocycles. The molecule has 0 radical (unpaired) electrons. The van der Waals surface area contributed by atoms with E-state index in [0.29, 0.717) is 0 Å². The number of hydrogen-bond acceptors (Lipinski definition) is 4. The van der Waals surface area contributed by atoms with Gasteiger partial charge in [-0.15, -0.1) is 0 Å². The van der Waals surface area contributed by atoms with Crippen molar-refractivity contribution in [3.8, 4) is 17.2 Å². The average Bonchev–Trinajstić information content (AvgIpc) is 2.57. The number of benzene rings is 2. The summed E-state index contributed by atoms with van der Waals surface area (Å²) in [7, 11) is 1.64. The maximum absolute atomic E-state index is 12.4. The van der Waals surface area contributed by atoms with Gasteiger partial charge in [0.2, 0.25) is 0 Å². The van der Waals surface area contributed by atoms with Gasteiger partial charge in [-0.25, -0.2) is 0 Å². The molecule has 2 aromatic carbocycles. The molecule has 0 bridgehead atoms. The first kappa shape index (κ1) is 15.2. The largest absolute Gasteiger partial charge is 0.504 e. The fourth-order valence-electron chi connectivity index (χ4n) is 3.11. The van der Waals surface area contributed by atoms with Crippen molar-refractivity contribution in [3.05, 3.63) is 53.1 Å². The summed E-state index contributed by atoms with van der Waals surface area (Å²) in [6, 6.07) is 10.0. The fourth-order valence-corrected chi connectivity index (χ4v) is 3.11. The first-order valence-electron chi connectivity index (χ1n) is 7.59. The number of ether oxygens (including phenoxy) is 1. The molecule has 1 aliphatic rings. The second-order valence-corrected chi connectivity index (χ2v) is 5.62. The van der Waals surface area contributed by atoms with E-state index < -0.39 is 11.7 Å². The van der Waals surface area contributed by atoms with Crippen LogP contribution in [0.25, 0.3) is 0 Å². The maximum atomic E-state index is 12.4. The molecule has 5 nitrogen and oxygen atoms in total. The Bertz CT molecular complexity index is 742. The van der Waals surface area contributed by atoms with Gasteiger partial charge in [-0.05, 0) is 48.6 Å². The number of phenols is 2. The molecule has 1 aliphatic carbocycles. The molecule has 5 heteroatoms. The highest BCUT2D eigenvalue weighted by Crippen LogP contribution is 2.36. The van der Waals surface area contributed by atoms with Crippen molar-refractivity contribution >= 4 is 5.91 Å². The SMILES string of the molecule is COc1cccc2c1CCCC2NC(=O)c1cccc(O)c1O. The molecular weight excluding hydrogens is 294 g/mol. The van der Waals surface area contributed by atoms with Crippen LogP contribution in [0.5, 0.6) is 17.2 Å². The highest BCUT2D eigenvalue weighted by atomic mass is 16.5. The Labute approximate surface area is 134 Å². The van der Waals surface area contributed by atoms with E-state index in [1.54, 1.807) is 7.11 Å². The Hall–Kier alpha value is -2.69. The zero-order valence-corrected chi connectivity index (χ0v) is 12.9. The molecule has 1 amide bonds. The number of carbonyl (C=O) groups excluding carboxylic acids is 1. The second kappa shape index (κ2) is 6.20. The van der Waals surface area contributed by atoms with Crippen LogP contribution < -0.4 is 10.1 Å². The zero-order chi connectivity index (χ0) is 16.4. The number of aromatic hydroxyl groups is 2. The maximum Gasteiger partial charge on any atom is 0.255 e. The van der Waals surface area contributed by atoms with Crippen molar-refractivity contribution in [2.24, 2.45) is 0 Å². The predicted molar refractivity (Wildman–Crippen MR) is 85.9 cm³/mol. The van der Waals surface area contributed by atoms with Gasteiger partial charge < -0.3 is 20.3 Å². The van der Waals surface area contributed by atoms with Crippen molar-refractivity contribution < 1.29 is 19.7 Å². The van der Waals surface area contributed by atoms with Gasteiger partial charge in [-0.1, -0.05) is 18.2 Å².